The molecule has 0 aliphatic heterocycles. The van der Waals surface area contributed by atoms with E-state index in [2.05, 4.69) is 33.2 Å². The lowest BCUT2D eigenvalue weighted by atomic mass is 10.1. The van der Waals surface area contributed by atoms with Gasteiger partial charge in [0.05, 0.1) is 12.6 Å². The number of aromatic nitrogens is 1. The van der Waals surface area contributed by atoms with Crippen molar-refractivity contribution in [1.82, 2.24) is 15.2 Å². The maximum absolute atomic E-state index is 5.91. The number of halogens is 2. The standard InChI is InChI=1S/C16H21ClN4.HI/c1-12(13-6-8-14(17)9-7-13)20-16(18-2)19-11-15-5-4-10-21(15)3;/h4-10,12H,11H2,1-3H3,(H2,18,19,20);1H. The summed E-state index contributed by atoms with van der Waals surface area (Å²) in [5.41, 5.74) is 2.37. The van der Waals surface area contributed by atoms with Crippen molar-refractivity contribution in [2.24, 2.45) is 12.0 Å². The number of nitrogens with zero attached hydrogens (tertiary/aromatic N) is 2. The summed E-state index contributed by atoms with van der Waals surface area (Å²) in [5.74, 6) is 0.777. The molecule has 1 aromatic heterocycles. The lowest BCUT2D eigenvalue weighted by molar-refractivity contribution is 0.676. The molecule has 120 valence electrons. The third kappa shape index (κ3) is 5.21. The van der Waals surface area contributed by atoms with Gasteiger partial charge in [0, 0.05) is 31.0 Å². The fraction of sp³-hybridized carbons (Fsp3) is 0.312. The topological polar surface area (TPSA) is 41.4 Å². The minimum absolute atomic E-state index is 0. The van der Waals surface area contributed by atoms with Crippen LogP contribution in [0.3, 0.4) is 0 Å². The zero-order chi connectivity index (χ0) is 15.2. The summed E-state index contributed by atoms with van der Waals surface area (Å²) < 4.78 is 2.09. The second-order valence-corrected chi connectivity index (χ2v) is 5.39. The van der Waals surface area contributed by atoms with Gasteiger partial charge >= 0.3 is 0 Å². The average molecular weight is 433 g/mol. The van der Waals surface area contributed by atoms with Crippen LogP contribution in [0.4, 0.5) is 0 Å². The Balaban J connectivity index is 0.00000242. The lowest BCUT2D eigenvalue weighted by Gasteiger charge is -2.18. The molecule has 0 fully saturated rings. The maximum atomic E-state index is 5.91. The molecule has 0 amide bonds. The van der Waals surface area contributed by atoms with E-state index in [9.17, 15) is 0 Å². The Labute approximate surface area is 154 Å². The summed E-state index contributed by atoms with van der Waals surface area (Å²) in [6, 6.07) is 12.1. The molecule has 4 nitrogen and oxygen atoms in total. The number of guanidine groups is 1. The monoisotopic (exact) mass is 432 g/mol. The number of benzene rings is 1. The van der Waals surface area contributed by atoms with Crippen LogP contribution >= 0.6 is 35.6 Å². The van der Waals surface area contributed by atoms with Gasteiger partial charge in [0.15, 0.2) is 5.96 Å². The van der Waals surface area contributed by atoms with Gasteiger partial charge in [-0.3, -0.25) is 4.99 Å². The van der Waals surface area contributed by atoms with Crippen LogP contribution in [0.2, 0.25) is 5.02 Å². The van der Waals surface area contributed by atoms with Crippen LogP contribution < -0.4 is 10.6 Å². The Morgan fingerprint density at radius 1 is 1.27 bits per heavy atom. The predicted molar refractivity (Wildman–Crippen MR) is 104 cm³/mol. The number of aryl methyl sites for hydroxylation is 1. The first-order chi connectivity index (χ1) is 10.1. The molecule has 0 saturated carbocycles. The third-order valence-electron chi connectivity index (χ3n) is 3.44. The average Bonchev–Trinajstić information content (AvgIpc) is 2.89. The van der Waals surface area contributed by atoms with E-state index in [1.807, 2.05) is 43.6 Å². The van der Waals surface area contributed by atoms with Gasteiger partial charge in [-0.25, -0.2) is 0 Å². The highest BCUT2D eigenvalue weighted by atomic mass is 127. The van der Waals surface area contributed by atoms with E-state index in [1.54, 1.807) is 7.05 Å². The summed E-state index contributed by atoms with van der Waals surface area (Å²) in [5, 5.41) is 7.43. The number of hydrogen-bond donors (Lipinski definition) is 2. The molecule has 0 spiro atoms. The van der Waals surface area contributed by atoms with Crippen LogP contribution in [-0.4, -0.2) is 17.6 Å². The van der Waals surface area contributed by atoms with Gasteiger partial charge in [-0.15, -0.1) is 24.0 Å². The zero-order valence-electron chi connectivity index (χ0n) is 13.0. The van der Waals surface area contributed by atoms with Gasteiger partial charge in [-0.2, -0.15) is 0 Å². The molecule has 0 saturated heterocycles. The fourth-order valence-electron chi connectivity index (χ4n) is 2.09. The Hall–Kier alpha value is -1.21. The summed E-state index contributed by atoms with van der Waals surface area (Å²) >= 11 is 5.91. The summed E-state index contributed by atoms with van der Waals surface area (Å²) in [6.45, 7) is 2.83. The lowest BCUT2D eigenvalue weighted by Crippen LogP contribution is -2.38. The highest BCUT2D eigenvalue weighted by Crippen LogP contribution is 2.15. The first-order valence-electron chi connectivity index (χ1n) is 6.93. The number of rotatable bonds is 4. The molecule has 2 N–H and O–H groups in total. The predicted octanol–water partition coefficient (Wildman–Crippen LogP) is 3.72. The van der Waals surface area contributed by atoms with Crippen molar-refractivity contribution in [3.63, 3.8) is 0 Å². The molecule has 0 radical (unpaired) electrons. The van der Waals surface area contributed by atoms with Crippen LogP contribution in [0.5, 0.6) is 0 Å². The van der Waals surface area contributed by atoms with Crippen LogP contribution in [0.25, 0.3) is 0 Å². The number of hydrogen-bond acceptors (Lipinski definition) is 1. The third-order valence-corrected chi connectivity index (χ3v) is 3.69. The zero-order valence-corrected chi connectivity index (χ0v) is 16.1. The molecule has 0 bridgehead atoms. The maximum Gasteiger partial charge on any atom is 0.191 e. The normalized spacial score (nSPS) is 12.5. The fourth-order valence-corrected chi connectivity index (χ4v) is 2.21. The van der Waals surface area contributed by atoms with Crippen LogP contribution in [0.1, 0.15) is 24.2 Å². The minimum atomic E-state index is 0. The first-order valence-corrected chi connectivity index (χ1v) is 7.31. The quantitative estimate of drug-likeness (QED) is 0.439. The van der Waals surface area contributed by atoms with E-state index in [0.717, 1.165) is 17.5 Å². The number of aliphatic imine (C=N–C) groups is 1. The first kappa shape index (κ1) is 18.8. The van der Waals surface area contributed by atoms with E-state index >= 15 is 0 Å². The van der Waals surface area contributed by atoms with E-state index in [1.165, 1.54) is 11.3 Å². The van der Waals surface area contributed by atoms with Crippen molar-refractivity contribution in [3.05, 3.63) is 58.9 Å². The molecule has 1 unspecified atom stereocenters. The van der Waals surface area contributed by atoms with E-state index in [-0.39, 0.29) is 30.0 Å². The van der Waals surface area contributed by atoms with Crippen molar-refractivity contribution in [3.8, 4) is 0 Å². The van der Waals surface area contributed by atoms with Gasteiger partial charge in [0.2, 0.25) is 0 Å². The van der Waals surface area contributed by atoms with Crippen molar-refractivity contribution in [2.45, 2.75) is 19.5 Å². The van der Waals surface area contributed by atoms with E-state index in [4.69, 9.17) is 11.6 Å². The SMILES string of the molecule is CN=C(NCc1cccn1C)NC(C)c1ccc(Cl)cc1.I. The Kier molecular flexibility index (Phi) is 7.75. The molecule has 1 heterocycles. The summed E-state index contributed by atoms with van der Waals surface area (Å²) in [6.07, 6.45) is 2.03. The van der Waals surface area contributed by atoms with Gasteiger partial charge in [0.1, 0.15) is 0 Å². The second kappa shape index (κ2) is 9.05. The highest BCUT2D eigenvalue weighted by molar-refractivity contribution is 14.0. The van der Waals surface area contributed by atoms with Crippen molar-refractivity contribution in [1.29, 1.82) is 0 Å². The highest BCUT2D eigenvalue weighted by Gasteiger charge is 2.08. The van der Waals surface area contributed by atoms with Crippen molar-refractivity contribution >= 4 is 41.5 Å². The molecule has 1 atom stereocenters. The van der Waals surface area contributed by atoms with Crippen LogP contribution in [-0.2, 0) is 13.6 Å². The summed E-state index contributed by atoms with van der Waals surface area (Å²) in [4.78, 5) is 4.26. The second-order valence-electron chi connectivity index (χ2n) is 4.95. The molecule has 0 aliphatic carbocycles. The molecule has 2 aromatic rings. The molecule has 6 heteroatoms. The Bertz CT molecular complexity index is 607. The van der Waals surface area contributed by atoms with Crippen molar-refractivity contribution in [2.75, 3.05) is 7.05 Å². The van der Waals surface area contributed by atoms with Gasteiger partial charge in [-0.1, -0.05) is 23.7 Å². The number of nitrogens with one attached hydrogen (secondary N) is 2. The Morgan fingerprint density at radius 2 is 1.95 bits per heavy atom. The molecular weight excluding hydrogens is 411 g/mol. The largest absolute Gasteiger partial charge is 0.353 e. The van der Waals surface area contributed by atoms with Gasteiger partial charge in [0.25, 0.3) is 0 Å². The Morgan fingerprint density at radius 3 is 2.50 bits per heavy atom. The molecule has 1 aromatic carbocycles. The van der Waals surface area contributed by atoms with Crippen molar-refractivity contribution < 1.29 is 0 Å². The van der Waals surface area contributed by atoms with E-state index in [0.29, 0.717) is 0 Å². The summed E-state index contributed by atoms with van der Waals surface area (Å²) in [7, 11) is 3.80. The van der Waals surface area contributed by atoms with Gasteiger partial charge in [-0.05, 0) is 36.8 Å². The molecule has 2 rings (SSSR count). The van der Waals surface area contributed by atoms with Crippen LogP contribution in [0.15, 0.2) is 47.6 Å². The van der Waals surface area contributed by atoms with E-state index < -0.39 is 0 Å². The molecule has 22 heavy (non-hydrogen) atoms. The van der Waals surface area contributed by atoms with Crippen LogP contribution in [0, 0.1) is 0 Å². The smallest absolute Gasteiger partial charge is 0.191 e. The minimum Gasteiger partial charge on any atom is -0.353 e. The molecule has 0 aliphatic rings. The molecular formula is C16H22ClIN4. The van der Waals surface area contributed by atoms with Gasteiger partial charge < -0.3 is 15.2 Å².